The Labute approximate surface area is 183 Å². The molecule has 1 atom stereocenters. The highest BCUT2D eigenvalue weighted by Gasteiger charge is 2.29. The van der Waals surface area contributed by atoms with Gasteiger partial charge in [0.1, 0.15) is 11.2 Å². The molecular formula is C21H18N4O6S. The number of methoxy groups -OCH3 is 1. The van der Waals surface area contributed by atoms with E-state index in [1.54, 1.807) is 36.4 Å². The summed E-state index contributed by atoms with van der Waals surface area (Å²) >= 11 is 0. The number of carbonyl (C=O) groups is 2. The third-order valence-corrected chi connectivity index (χ3v) is 6.14. The second-order valence-corrected chi connectivity index (χ2v) is 8.32. The largest absolute Gasteiger partial charge is 0.465 e. The molecule has 11 heteroatoms. The molecule has 1 aromatic heterocycles. The van der Waals surface area contributed by atoms with Crippen LogP contribution in [0.1, 0.15) is 27.7 Å². The number of aromatic nitrogens is 1. The Balaban J connectivity index is 1.60. The van der Waals surface area contributed by atoms with Crippen LogP contribution in [0, 0.1) is 0 Å². The first kappa shape index (κ1) is 21.2. The minimum atomic E-state index is -4.02. The maximum Gasteiger partial charge on any atom is 0.338 e. The fourth-order valence-corrected chi connectivity index (χ4v) is 4.44. The number of hydrogen-bond donors (Lipinski definition) is 2. The molecule has 0 saturated carbocycles. The Morgan fingerprint density at radius 2 is 1.91 bits per heavy atom. The SMILES string of the molecule is COC(=O)c1ccccc1C(CNC(=O)C1=NS(=O)(=O)c2ccccc2N1)c1ncco1. The van der Waals surface area contributed by atoms with Gasteiger partial charge in [-0.3, -0.25) is 4.79 Å². The van der Waals surface area contributed by atoms with Crippen LogP contribution < -0.4 is 10.6 Å². The van der Waals surface area contributed by atoms with Crippen LogP contribution in [0.4, 0.5) is 5.69 Å². The average Bonchev–Trinajstić information content (AvgIpc) is 3.33. The number of amides is 1. The summed E-state index contributed by atoms with van der Waals surface area (Å²) in [6.07, 6.45) is 2.82. The molecule has 32 heavy (non-hydrogen) atoms. The molecule has 3 aromatic rings. The normalized spacial score (nSPS) is 15.0. The van der Waals surface area contributed by atoms with Crippen LogP contribution in [-0.2, 0) is 19.6 Å². The van der Waals surface area contributed by atoms with Crippen molar-refractivity contribution in [1.29, 1.82) is 0 Å². The van der Waals surface area contributed by atoms with Crippen molar-refractivity contribution in [3.8, 4) is 0 Å². The first-order chi connectivity index (χ1) is 15.4. The minimum absolute atomic E-state index is 0.0128. The van der Waals surface area contributed by atoms with Crippen molar-refractivity contribution < 1.29 is 27.2 Å². The van der Waals surface area contributed by atoms with Crippen molar-refractivity contribution in [2.45, 2.75) is 10.8 Å². The topological polar surface area (TPSA) is 140 Å². The molecule has 1 amide bonds. The Bertz CT molecular complexity index is 1300. The van der Waals surface area contributed by atoms with Crippen molar-refractivity contribution >= 4 is 33.4 Å². The van der Waals surface area contributed by atoms with E-state index in [1.165, 1.54) is 31.7 Å². The number of nitrogens with one attached hydrogen (secondary N) is 2. The van der Waals surface area contributed by atoms with Crippen molar-refractivity contribution in [3.05, 3.63) is 78.0 Å². The van der Waals surface area contributed by atoms with E-state index < -0.39 is 27.8 Å². The number of ether oxygens (including phenoxy) is 1. The monoisotopic (exact) mass is 454 g/mol. The van der Waals surface area contributed by atoms with Crippen LogP contribution in [-0.4, -0.2) is 44.8 Å². The number of amidine groups is 1. The van der Waals surface area contributed by atoms with Crippen LogP contribution >= 0.6 is 0 Å². The number of carbonyl (C=O) groups excluding carboxylic acids is 2. The van der Waals surface area contributed by atoms with E-state index in [9.17, 15) is 18.0 Å². The summed E-state index contributed by atoms with van der Waals surface area (Å²) < 4.78 is 38.7. The maximum atomic E-state index is 12.8. The summed E-state index contributed by atoms with van der Waals surface area (Å²) in [5, 5.41) is 5.38. The molecule has 0 saturated heterocycles. The van der Waals surface area contributed by atoms with Gasteiger partial charge in [-0.25, -0.2) is 9.78 Å². The number of anilines is 1. The van der Waals surface area contributed by atoms with Crippen LogP contribution in [0.5, 0.6) is 0 Å². The predicted octanol–water partition coefficient (Wildman–Crippen LogP) is 1.92. The van der Waals surface area contributed by atoms with Gasteiger partial charge >= 0.3 is 5.97 Å². The van der Waals surface area contributed by atoms with Crippen molar-refractivity contribution in [2.24, 2.45) is 4.40 Å². The summed E-state index contributed by atoms with van der Waals surface area (Å²) in [7, 11) is -2.75. The third-order valence-electron chi connectivity index (χ3n) is 4.80. The Morgan fingerprint density at radius 1 is 1.16 bits per heavy atom. The van der Waals surface area contributed by atoms with E-state index in [1.807, 2.05) is 0 Å². The van der Waals surface area contributed by atoms with Crippen LogP contribution in [0.15, 0.2) is 74.7 Å². The van der Waals surface area contributed by atoms with E-state index in [0.29, 0.717) is 5.56 Å². The number of esters is 1. The first-order valence-corrected chi connectivity index (χ1v) is 10.9. The zero-order valence-electron chi connectivity index (χ0n) is 16.8. The van der Waals surface area contributed by atoms with E-state index in [0.717, 1.165) is 0 Å². The van der Waals surface area contributed by atoms with Crippen LogP contribution in [0.3, 0.4) is 0 Å². The lowest BCUT2D eigenvalue weighted by atomic mass is 9.93. The van der Waals surface area contributed by atoms with Gasteiger partial charge in [0.2, 0.25) is 11.7 Å². The zero-order chi connectivity index (χ0) is 22.7. The van der Waals surface area contributed by atoms with Gasteiger partial charge < -0.3 is 19.8 Å². The lowest BCUT2D eigenvalue weighted by Crippen LogP contribution is -2.40. The molecule has 0 fully saturated rings. The highest BCUT2D eigenvalue weighted by molar-refractivity contribution is 7.90. The number of oxazole rings is 1. The van der Waals surface area contributed by atoms with Crippen LogP contribution in [0.25, 0.3) is 0 Å². The zero-order valence-corrected chi connectivity index (χ0v) is 17.6. The van der Waals surface area contributed by atoms with Gasteiger partial charge in [-0.2, -0.15) is 8.42 Å². The number of nitrogens with zero attached hydrogens (tertiary/aromatic N) is 2. The number of rotatable bonds is 6. The Morgan fingerprint density at radius 3 is 2.66 bits per heavy atom. The molecule has 1 aliphatic heterocycles. The molecule has 0 aliphatic carbocycles. The average molecular weight is 454 g/mol. The van der Waals surface area contributed by atoms with Gasteiger partial charge in [0.25, 0.3) is 15.9 Å². The third kappa shape index (κ3) is 4.10. The predicted molar refractivity (Wildman–Crippen MR) is 114 cm³/mol. The number of fused-ring (bicyclic) bond motifs is 1. The summed E-state index contributed by atoms with van der Waals surface area (Å²) in [6.45, 7) is -0.0459. The Kier molecular flexibility index (Phi) is 5.73. The van der Waals surface area contributed by atoms with E-state index in [4.69, 9.17) is 9.15 Å². The minimum Gasteiger partial charge on any atom is -0.465 e. The lowest BCUT2D eigenvalue weighted by molar-refractivity contribution is -0.114. The first-order valence-electron chi connectivity index (χ1n) is 9.46. The quantitative estimate of drug-likeness (QED) is 0.539. The number of para-hydroxylation sites is 1. The van der Waals surface area contributed by atoms with Gasteiger partial charge in [0, 0.05) is 6.54 Å². The van der Waals surface area contributed by atoms with Crippen molar-refractivity contribution in [2.75, 3.05) is 19.0 Å². The highest BCUT2D eigenvalue weighted by Crippen LogP contribution is 2.28. The van der Waals surface area contributed by atoms with Crippen molar-refractivity contribution in [1.82, 2.24) is 10.3 Å². The molecule has 2 heterocycles. The number of sulfonamides is 1. The molecule has 10 nitrogen and oxygen atoms in total. The van der Waals surface area contributed by atoms with E-state index in [-0.39, 0.29) is 34.4 Å². The second-order valence-electron chi connectivity index (χ2n) is 6.75. The molecule has 164 valence electrons. The molecule has 0 bridgehead atoms. The van der Waals surface area contributed by atoms with Gasteiger partial charge in [0.05, 0.1) is 30.5 Å². The lowest BCUT2D eigenvalue weighted by Gasteiger charge is -2.20. The molecule has 1 aliphatic rings. The van der Waals surface area contributed by atoms with Crippen molar-refractivity contribution in [3.63, 3.8) is 0 Å². The summed E-state index contributed by atoms with van der Waals surface area (Å²) in [5.74, 6) is -2.04. The summed E-state index contributed by atoms with van der Waals surface area (Å²) in [5.41, 5.74) is 1.07. The maximum absolute atomic E-state index is 12.8. The summed E-state index contributed by atoms with van der Waals surface area (Å²) in [6, 6.07) is 12.9. The molecule has 1 unspecified atom stereocenters. The smallest absolute Gasteiger partial charge is 0.338 e. The standard InChI is InChI=1S/C21H18N4O6S/c1-30-21(27)14-7-3-2-6-13(14)15(20-22-10-11-31-20)12-23-19(26)18-24-16-8-4-5-9-17(16)32(28,29)25-18/h2-11,15H,12H2,1H3,(H,23,26)(H,24,25). The highest BCUT2D eigenvalue weighted by atomic mass is 32.2. The fraction of sp³-hybridized carbons (Fsp3) is 0.143. The van der Waals surface area contributed by atoms with Gasteiger partial charge in [-0.05, 0) is 23.8 Å². The fourth-order valence-electron chi connectivity index (χ4n) is 3.32. The van der Waals surface area contributed by atoms with Crippen LogP contribution in [0.2, 0.25) is 0 Å². The molecular weight excluding hydrogens is 436 g/mol. The van der Waals surface area contributed by atoms with E-state index in [2.05, 4.69) is 20.0 Å². The second kappa shape index (κ2) is 8.63. The molecule has 0 spiro atoms. The summed E-state index contributed by atoms with van der Waals surface area (Å²) in [4.78, 5) is 29.1. The number of hydrogen-bond acceptors (Lipinski definition) is 8. The Hall–Kier alpha value is -3.99. The van der Waals surface area contributed by atoms with E-state index >= 15 is 0 Å². The molecule has 2 aromatic carbocycles. The molecule has 2 N–H and O–H groups in total. The molecule has 0 radical (unpaired) electrons. The number of benzene rings is 2. The van der Waals surface area contributed by atoms with Gasteiger partial charge in [-0.1, -0.05) is 30.3 Å². The molecule has 4 rings (SSSR count). The van der Waals surface area contributed by atoms with Gasteiger partial charge in [0.15, 0.2) is 0 Å². The van der Waals surface area contributed by atoms with Gasteiger partial charge in [-0.15, -0.1) is 4.40 Å².